The Balaban J connectivity index is 1.63. The summed E-state index contributed by atoms with van der Waals surface area (Å²) in [7, 11) is 0. The molecule has 0 heterocycles. The Bertz CT molecular complexity index is 499. The second kappa shape index (κ2) is 5.67. The molecular weight excluding hydrogens is 234 g/mol. The molecule has 2 N–H and O–H groups in total. The molecule has 2 bridgehead atoms. The van der Waals surface area contributed by atoms with Crippen molar-refractivity contribution in [3.63, 3.8) is 0 Å². The van der Waals surface area contributed by atoms with E-state index in [0.717, 1.165) is 35.7 Å². The van der Waals surface area contributed by atoms with E-state index in [1.807, 2.05) is 24.3 Å². The molecule has 2 aliphatic rings. The van der Waals surface area contributed by atoms with E-state index in [1.54, 1.807) is 0 Å². The molecular formula is C17H21NO. The largest absolute Gasteiger partial charge is 0.492 e. The van der Waals surface area contributed by atoms with Gasteiger partial charge in [-0.3, -0.25) is 0 Å². The summed E-state index contributed by atoms with van der Waals surface area (Å²) in [4.78, 5) is 0. The van der Waals surface area contributed by atoms with E-state index < -0.39 is 0 Å². The van der Waals surface area contributed by atoms with E-state index in [0.29, 0.717) is 6.54 Å². The number of fused-ring (bicyclic) bond motifs is 2. The minimum absolute atomic E-state index is 0.390. The fourth-order valence-corrected chi connectivity index (χ4v) is 3.62. The Morgan fingerprint density at radius 1 is 1.21 bits per heavy atom. The van der Waals surface area contributed by atoms with Crippen molar-refractivity contribution < 1.29 is 4.74 Å². The maximum atomic E-state index is 6.03. The van der Waals surface area contributed by atoms with Crippen LogP contribution in [0.2, 0.25) is 0 Å². The maximum absolute atomic E-state index is 6.03. The first-order valence-electron chi connectivity index (χ1n) is 7.27. The molecule has 19 heavy (non-hydrogen) atoms. The van der Waals surface area contributed by atoms with Crippen LogP contribution in [-0.2, 0) is 0 Å². The molecule has 2 aliphatic carbocycles. The quantitative estimate of drug-likeness (QED) is 0.843. The van der Waals surface area contributed by atoms with Crippen molar-refractivity contribution >= 4 is 0 Å². The van der Waals surface area contributed by atoms with Crippen LogP contribution in [-0.4, -0.2) is 13.2 Å². The van der Waals surface area contributed by atoms with Crippen LogP contribution in [0.1, 0.15) is 31.2 Å². The highest BCUT2D eigenvalue weighted by atomic mass is 16.5. The minimum atomic E-state index is 0.390. The first kappa shape index (κ1) is 12.6. The van der Waals surface area contributed by atoms with Crippen molar-refractivity contribution in [1.29, 1.82) is 0 Å². The van der Waals surface area contributed by atoms with E-state index in [4.69, 9.17) is 10.5 Å². The van der Waals surface area contributed by atoms with Gasteiger partial charge in [0.25, 0.3) is 0 Å². The van der Waals surface area contributed by atoms with Crippen LogP contribution < -0.4 is 10.5 Å². The molecule has 0 radical (unpaired) electrons. The lowest BCUT2D eigenvalue weighted by Crippen LogP contribution is -2.18. The van der Waals surface area contributed by atoms with Crippen molar-refractivity contribution in [2.24, 2.45) is 23.5 Å². The van der Waals surface area contributed by atoms with Crippen LogP contribution in [0.3, 0.4) is 0 Å². The molecule has 2 nitrogen and oxygen atoms in total. The average molecular weight is 255 g/mol. The highest BCUT2D eigenvalue weighted by Gasteiger charge is 2.39. The summed E-state index contributed by atoms with van der Waals surface area (Å²) in [6.45, 7) is 1.24. The summed E-state index contributed by atoms with van der Waals surface area (Å²) in [5.74, 6) is 9.53. The van der Waals surface area contributed by atoms with Crippen molar-refractivity contribution in [3.05, 3.63) is 29.8 Å². The fourth-order valence-electron chi connectivity index (χ4n) is 3.62. The van der Waals surface area contributed by atoms with Gasteiger partial charge in [0.2, 0.25) is 0 Å². The maximum Gasteiger partial charge on any atom is 0.134 e. The van der Waals surface area contributed by atoms with Gasteiger partial charge >= 0.3 is 0 Å². The summed E-state index contributed by atoms with van der Waals surface area (Å²) in [6.07, 6.45) is 5.65. The van der Waals surface area contributed by atoms with Gasteiger partial charge in [-0.15, -0.1) is 0 Å². The van der Waals surface area contributed by atoms with Gasteiger partial charge in [-0.2, -0.15) is 0 Å². The third-order valence-corrected chi connectivity index (χ3v) is 4.55. The van der Waals surface area contributed by atoms with Gasteiger partial charge in [-0.05, 0) is 49.1 Å². The molecule has 2 fully saturated rings. The standard InChI is InChI=1S/C17H21NO/c18-9-3-5-14-4-1-2-6-17(14)19-12-16-11-13-7-8-15(16)10-13/h1-2,4,6,13,15-16H,7-12,18H2. The zero-order chi connectivity index (χ0) is 13.1. The van der Waals surface area contributed by atoms with Gasteiger partial charge in [0, 0.05) is 0 Å². The highest BCUT2D eigenvalue weighted by molar-refractivity contribution is 5.45. The number of hydrogen-bond donors (Lipinski definition) is 1. The number of ether oxygens (including phenoxy) is 1. The topological polar surface area (TPSA) is 35.2 Å². The zero-order valence-electron chi connectivity index (χ0n) is 11.3. The molecule has 0 aliphatic heterocycles. The van der Waals surface area contributed by atoms with E-state index in [9.17, 15) is 0 Å². The first-order chi connectivity index (χ1) is 9.36. The van der Waals surface area contributed by atoms with E-state index in [-0.39, 0.29) is 0 Å². The van der Waals surface area contributed by atoms with Gasteiger partial charge in [0.15, 0.2) is 0 Å². The summed E-state index contributed by atoms with van der Waals surface area (Å²) < 4.78 is 6.03. The number of hydrogen-bond acceptors (Lipinski definition) is 2. The van der Waals surface area contributed by atoms with E-state index >= 15 is 0 Å². The van der Waals surface area contributed by atoms with E-state index in [2.05, 4.69) is 11.8 Å². The Hall–Kier alpha value is -1.46. The monoisotopic (exact) mass is 255 g/mol. The Morgan fingerprint density at radius 2 is 2.11 bits per heavy atom. The smallest absolute Gasteiger partial charge is 0.134 e. The third-order valence-electron chi connectivity index (χ3n) is 4.55. The summed E-state index contributed by atoms with van der Waals surface area (Å²) in [5, 5.41) is 0. The van der Waals surface area contributed by atoms with Crippen LogP contribution in [0.4, 0.5) is 0 Å². The molecule has 2 heteroatoms. The Kier molecular flexibility index (Phi) is 3.75. The lowest BCUT2D eigenvalue weighted by Gasteiger charge is -2.22. The van der Waals surface area contributed by atoms with Crippen LogP contribution in [0.15, 0.2) is 24.3 Å². The van der Waals surface area contributed by atoms with Crippen molar-refractivity contribution in [2.45, 2.75) is 25.7 Å². The molecule has 100 valence electrons. The Labute approximate surface area is 115 Å². The molecule has 3 unspecified atom stereocenters. The summed E-state index contributed by atoms with van der Waals surface area (Å²) >= 11 is 0. The lowest BCUT2D eigenvalue weighted by atomic mass is 9.89. The number of para-hydroxylation sites is 1. The van der Waals surface area contributed by atoms with Gasteiger partial charge in [0.1, 0.15) is 5.75 Å². The Morgan fingerprint density at radius 3 is 2.84 bits per heavy atom. The van der Waals surface area contributed by atoms with Gasteiger partial charge in [-0.25, -0.2) is 0 Å². The fraction of sp³-hybridized carbons (Fsp3) is 0.529. The normalized spacial score (nSPS) is 27.9. The molecule has 3 atom stereocenters. The van der Waals surface area contributed by atoms with Crippen molar-refractivity contribution in [1.82, 2.24) is 0 Å². The van der Waals surface area contributed by atoms with Crippen LogP contribution >= 0.6 is 0 Å². The van der Waals surface area contributed by atoms with Gasteiger partial charge in [0.05, 0.1) is 18.7 Å². The van der Waals surface area contributed by atoms with Crippen molar-refractivity contribution in [2.75, 3.05) is 13.2 Å². The van der Waals surface area contributed by atoms with Gasteiger partial charge in [-0.1, -0.05) is 30.4 Å². The molecule has 3 rings (SSSR count). The number of rotatable bonds is 3. The molecule has 0 aromatic heterocycles. The molecule has 0 spiro atoms. The third kappa shape index (κ3) is 2.77. The van der Waals surface area contributed by atoms with E-state index in [1.165, 1.54) is 25.7 Å². The number of nitrogens with two attached hydrogens (primary N) is 1. The summed E-state index contributed by atoms with van der Waals surface area (Å²) in [5.41, 5.74) is 6.38. The zero-order valence-corrected chi connectivity index (χ0v) is 11.3. The molecule has 0 amide bonds. The lowest BCUT2D eigenvalue weighted by molar-refractivity contribution is 0.195. The SMILES string of the molecule is NCC#Cc1ccccc1OCC1CC2CCC1C2. The van der Waals surface area contributed by atoms with Crippen LogP contribution in [0.25, 0.3) is 0 Å². The van der Waals surface area contributed by atoms with Crippen molar-refractivity contribution in [3.8, 4) is 17.6 Å². The second-order valence-corrected chi connectivity index (χ2v) is 5.75. The predicted molar refractivity (Wildman–Crippen MR) is 76.8 cm³/mol. The average Bonchev–Trinajstić information content (AvgIpc) is 3.06. The highest BCUT2D eigenvalue weighted by Crippen LogP contribution is 2.48. The molecule has 0 saturated heterocycles. The summed E-state index contributed by atoms with van der Waals surface area (Å²) in [6, 6.07) is 8.00. The molecule has 1 aromatic rings. The van der Waals surface area contributed by atoms with Crippen LogP contribution in [0, 0.1) is 29.6 Å². The van der Waals surface area contributed by atoms with Crippen LogP contribution in [0.5, 0.6) is 5.75 Å². The molecule has 2 saturated carbocycles. The first-order valence-corrected chi connectivity index (χ1v) is 7.27. The molecule has 1 aromatic carbocycles. The van der Waals surface area contributed by atoms with Gasteiger partial charge < -0.3 is 10.5 Å². The minimum Gasteiger partial charge on any atom is -0.492 e. The predicted octanol–water partition coefficient (Wildman–Crippen LogP) is 2.81. The number of benzene rings is 1. The second-order valence-electron chi connectivity index (χ2n) is 5.75.